The molecule has 142 valence electrons. The summed E-state index contributed by atoms with van der Waals surface area (Å²) in [6, 6.07) is 7.90. The highest BCUT2D eigenvalue weighted by Crippen LogP contribution is 2.41. The number of amides is 1. The van der Waals surface area contributed by atoms with Gasteiger partial charge in [-0.3, -0.25) is 4.79 Å². The summed E-state index contributed by atoms with van der Waals surface area (Å²) in [5.74, 6) is -0.111. The van der Waals surface area contributed by atoms with E-state index in [9.17, 15) is 13.2 Å². The third kappa shape index (κ3) is 3.06. The van der Waals surface area contributed by atoms with E-state index in [0.717, 1.165) is 31.2 Å². The largest absolute Gasteiger partial charge is 0.332 e. The van der Waals surface area contributed by atoms with Crippen LogP contribution in [0.2, 0.25) is 0 Å². The van der Waals surface area contributed by atoms with Crippen LogP contribution in [0.3, 0.4) is 0 Å². The van der Waals surface area contributed by atoms with Gasteiger partial charge >= 0.3 is 0 Å². The number of benzene rings is 1. The van der Waals surface area contributed by atoms with E-state index in [1.165, 1.54) is 9.87 Å². The quantitative estimate of drug-likeness (QED) is 0.875. The molecule has 1 saturated carbocycles. The van der Waals surface area contributed by atoms with Gasteiger partial charge in [0.15, 0.2) is 0 Å². The van der Waals surface area contributed by atoms with Crippen LogP contribution in [-0.4, -0.2) is 49.2 Å². The first-order chi connectivity index (χ1) is 12.3. The molecule has 0 radical (unpaired) electrons. The SMILES string of the molecule is CC1(C)CN2C(=O)CN(S(=O)(=O)NC3CCCC3)CC2c2ccccc21. The minimum atomic E-state index is -3.65. The van der Waals surface area contributed by atoms with Crippen LogP contribution in [0.1, 0.15) is 56.7 Å². The third-order valence-electron chi connectivity index (χ3n) is 6.01. The van der Waals surface area contributed by atoms with E-state index >= 15 is 0 Å². The molecule has 1 atom stereocenters. The molecule has 0 spiro atoms. The average molecular weight is 378 g/mol. The van der Waals surface area contributed by atoms with Crippen molar-refractivity contribution in [3.05, 3.63) is 35.4 Å². The van der Waals surface area contributed by atoms with Gasteiger partial charge in [0.1, 0.15) is 0 Å². The third-order valence-corrected chi connectivity index (χ3v) is 7.60. The van der Waals surface area contributed by atoms with E-state index in [-0.39, 0.29) is 30.0 Å². The Morgan fingerprint density at radius 3 is 2.58 bits per heavy atom. The van der Waals surface area contributed by atoms with Crippen LogP contribution in [0.25, 0.3) is 0 Å². The van der Waals surface area contributed by atoms with Crippen molar-refractivity contribution in [2.45, 2.75) is 57.0 Å². The van der Waals surface area contributed by atoms with Gasteiger partial charge in [-0.25, -0.2) is 0 Å². The summed E-state index contributed by atoms with van der Waals surface area (Å²) in [7, 11) is -3.65. The standard InChI is InChI=1S/C19H27N3O3S/c1-19(2)13-22-17(15-9-5-6-10-16(15)19)11-21(12-18(22)23)26(24,25)20-14-7-3-4-8-14/h5-6,9-10,14,17,20H,3-4,7-8,11-13H2,1-2H3. The predicted octanol–water partition coefficient (Wildman–Crippen LogP) is 1.94. The molecule has 1 unspecified atom stereocenters. The van der Waals surface area contributed by atoms with Gasteiger partial charge in [-0.1, -0.05) is 51.0 Å². The lowest BCUT2D eigenvalue weighted by Crippen LogP contribution is -2.60. The zero-order valence-electron chi connectivity index (χ0n) is 15.4. The summed E-state index contributed by atoms with van der Waals surface area (Å²) < 4.78 is 29.8. The number of nitrogens with one attached hydrogen (secondary N) is 1. The van der Waals surface area contributed by atoms with Crippen LogP contribution < -0.4 is 4.72 Å². The Morgan fingerprint density at radius 1 is 1.15 bits per heavy atom. The van der Waals surface area contributed by atoms with Crippen LogP contribution in [0.5, 0.6) is 0 Å². The summed E-state index contributed by atoms with van der Waals surface area (Å²) in [6.45, 7) is 5.15. The minimum Gasteiger partial charge on any atom is -0.332 e. The molecule has 26 heavy (non-hydrogen) atoms. The highest BCUT2D eigenvalue weighted by Gasteiger charge is 2.45. The molecule has 1 aliphatic carbocycles. The van der Waals surface area contributed by atoms with Gasteiger partial charge in [0.2, 0.25) is 5.91 Å². The first-order valence-electron chi connectivity index (χ1n) is 9.44. The topological polar surface area (TPSA) is 69.7 Å². The lowest BCUT2D eigenvalue weighted by atomic mass is 9.75. The number of carbonyl (C=O) groups is 1. The molecule has 2 fully saturated rings. The fourth-order valence-electron chi connectivity index (χ4n) is 4.66. The van der Waals surface area contributed by atoms with E-state index in [2.05, 4.69) is 24.6 Å². The van der Waals surface area contributed by atoms with Crippen LogP contribution in [0.4, 0.5) is 0 Å². The number of nitrogens with zero attached hydrogens (tertiary/aromatic N) is 2. The normalized spacial score (nSPS) is 26.6. The maximum atomic E-state index is 12.8. The summed E-state index contributed by atoms with van der Waals surface area (Å²) in [5, 5.41) is 0. The van der Waals surface area contributed by atoms with Crippen molar-refractivity contribution in [2.75, 3.05) is 19.6 Å². The number of hydrogen-bond donors (Lipinski definition) is 1. The number of piperazine rings is 1. The van der Waals surface area contributed by atoms with Crippen molar-refractivity contribution < 1.29 is 13.2 Å². The van der Waals surface area contributed by atoms with Gasteiger partial charge in [0.05, 0.1) is 12.6 Å². The molecule has 0 bridgehead atoms. The fourth-order valence-corrected chi connectivity index (χ4v) is 6.09. The van der Waals surface area contributed by atoms with Gasteiger partial charge in [0.25, 0.3) is 10.2 Å². The highest BCUT2D eigenvalue weighted by molar-refractivity contribution is 7.87. The Kier molecular flexibility index (Phi) is 4.36. The van der Waals surface area contributed by atoms with Crippen LogP contribution in [-0.2, 0) is 20.4 Å². The van der Waals surface area contributed by atoms with Gasteiger partial charge in [-0.2, -0.15) is 17.4 Å². The number of carbonyl (C=O) groups excluding carboxylic acids is 1. The zero-order valence-corrected chi connectivity index (χ0v) is 16.3. The minimum absolute atomic E-state index is 0.00528. The first-order valence-corrected chi connectivity index (χ1v) is 10.9. The molecule has 1 saturated heterocycles. The van der Waals surface area contributed by atoms with Crippen molar-refractivity contribution >= 4 is 16.1 Å². The Morgan fingerprint density at radius 2 is 1.85 bits per heavy atom. The Hall–Kier alpha value is -1.44. The Bertz CT molecular complexity index is 815. The highest BCUT2D eigenvalue weighted by atomic mass is 32.2. The van der Waals surface area contributed by atoms with E-state index in [0.29, 0.717) is 13.1 Å². The molecule has 1 N–H and O–H groups in total. The second-order valence-electron chi connectivity index (χ2n) is 8.41. The second-order valence-corrected chi connectivity index (χ2v) is 10.1. The monoisotopic (exact) mass is 377 g/mol. The molecule has 1 aromatic carbocycles. The van der Waals surface area contributed by atoms with Gasteiger partial charge in [-0.15, -0.1) is 0 Å². The molecule has 4 rings (SSSR count). The van der Waals surface area contributed by atoms with Crippen molar-refractivity contribution in [1.82, 2.24) is 13.9 Å². The average Bonchev–Trinajstić information content (AvgIpc) is 3.08. The number of fused-ring (bicyclic) bond motifs is 3. The summed E-state index contributed by atoms with van der Waals surface area (Å²) in [6.07, 6.45) is 3.89. The zero-order chi connectivity index (χ0) is 18.5. The van der Waals surface area contributed by atoms with Gasteiger partial charge < -0.3 is 4.90 Å². The Labute approximate surface area is 155 Å². The maximum absolute atomic E-state index is 12.8. The van der Waals surface area contributed by atoms with Gasteiger partial charge in [-0.05, 0) is 24.0 Å². The predicted molar refractivity (Wildman–Crippen MR) is 99.8 cm³/mol. The molecule has 6 nitrogen and oxygen atoms in total. The van der Waals surface area contributed by atoms with E-state index < -0.39 is 10.2 Å². The van der Waals surface area contributed by atoms with Crippen molar-refractivity contribution in [3.8, 4) is 0 Å². The molecule has 1 aromatic rings. The smallest absolute Gasteiger partial charge is 0.280 e. The summed E-state index contributed by atoms with van der Waals surface area (Å²) >= 11 is 0. The molecule has 2 heterocycles. The molecule has 2 aliphatic heterocycles. The molecule has 1 amide bonds. The van der Waals surface area contributed by atoms with Crippen LogP contribution >= 0.6 is 0 Å². The maximum Gasteiger partial charge on any atom is 0.280 e. The van der Waals surface area contributed by atoms with E-state index in [4.69, 9.17) is 0 Å². The molecule has 0 aromatic heterocycles. The Balaban J connectivity index is 1.63. The van der Waals surface area contributed by atoms with Crippen molar-refractivity contribution in [2.24, 2.45) is 0 Å². The lowest BCUT2D eigenvalue weighted by Gasteiger charge is -2.49. The van der Waals surface area contributed by atoms with E-state index in [1.54, 1.807) is 0 Å². The summed E-state index contributed by atoms with van der Waals surface area (Å²) in [4.78, 5) is 14.7. The van der Waals surface area contributed by atoms with E-state index in [1.807, 2.05) is 23.1 Å². The van der Waals surface area contributed by atoms with Crippen molar-refractivity contribution in [1.29, 1.82) is 0 Å². The lowest BCUT2D eigenvalue weighted by molar-refractivity contribution is -0.139. The second kappa shape index (κ2) is 6.32. The molecular formula is C19H27N3O3S. The number of hydrogen-bond acceptors (Lipinski definition) is 3. The molecular weight excluding hydrogens is 350 g/mol. The molecule has 3 aliphatic rings. The first kappa shape index (κ1) is 17.9. The fraction of sp³-hybridized carbons (Fsp3) is 0.632. The van der Waals surface area contributed by atoms with Gasteiger partial charge in [0, 0.05) is 24.5 Å². The molecule has 7 heteroatoms. The summed E-state index contributed by atoms with van der Waals surface area (Å²) in [5.41, 5.74) is 2.14. The number of rotatable bonds is 3. The van der Waals surface area contributed by atoms with Crippen LogP contribution in [0, 0.1) is 0 Å². The van der Waals surface area contributed by atoms with Crippen molar-refractivity contribution in [3.63, 3.8) is 0 Å². The van der Waals surface area contributed by atoms with Crippen LogP contribution in [0.15, 0.2) is 24.3 Å².